The molecule has 0 aliphatic heterocycles. The Morgan fingerprint density at radius 3 is 2.37 bits per heavy atom. The third-order valence-corrected chi connectivity index (χ3v) is 4.01. The summed E-state index contributed by atoms with van der Waals surface area (Å²) in [5, 5.41) is 6.09. The molecule has 27 heavy (non-hydrogen) atoms. The lowest BCUT2D eigenvalue weighted by Crippen LogP contribution is -2.24. The molecule has 2 aromatic carbocycles. The molecule has 2 N–H and O–H groups in total. The third-order valence-electron chi connectivity index (χ3n) is 4.01. The molecule has 0 saturated heterocycles. The van der Waals surface area contributed by atoms with Gasteiger partial charge in [-0.05, 0) is 54.8 Å². The average Bonchev–Trinajstić information content (AvgIpc) is 2.66. The van der Waals surface area contributed by atoms with Crippen LogP contribution in [0.2, 0.25) is 0 Å². The fourth-order valence-electron chi connectivity index (χ4n) is 2.76. The first-order valence-corrected chi connectivity index (χ1v) is 8.62. The average molecular weight is 362 g/mol. The molecule has 0 bridgehead atoms. The van der Waals surface area contributed by atoms with Gasteiger partial charge in [-0.1, -0.05) is 18.2 Å². The SMILES string of the molecule is COc1ccc(CNC(=O)c2cc(Nc3cc(C)cc(C)c3)ncn2)cc1. The lowest BCUT2D eigenvalue weighted by atomic mass is 10.1. The third kappa shape index (κ3) is 5.04. The van der Waals surface area contributed by atoms with Crippen molar-refractivity contribution in [2.75, 3.05) is 12.4 Å². The summed E-state index contributed by atoms with van der Waals surface area (Å²) in [7, 11) is 1.62. The van der Waals surface area contributed by atoms with Crippen LogP contribution in [0.25, 0.3) is 0 Å². The number of aryl methyl sites for hydroxylation is 2. The lowest BCUT2D eigenvalue weighted by molar-refractivity contribution is 0.0946. The van der Waals surface area contributed by atoms with Crippen molar-refractivity contribution in [3.8, 4) is 5.75 Å². The zero-order valence-electron chi connectivity index (χ0n) is 15.6. The van der Waals surface area contributed by atoms with Gasteiger partial charge in [0.2, 0.25) is 0 Å². The van der Waals surface area contributed by atoms with Crippen LogP contribution in [0, 0.1) is 13.8 Å². The van der Waals surface area contributed by atoms with Crippen molar-refractivity contribution in [1.82, 2.24) is 15.3 Å². The summed E-state index contributed by atoms with van der Waals surface area (Å²) in [5.74, 6) is 1.10. The van der Waals surface area contributed by atoms with Gasteiger partial charge in [0.1, 0.15) is 23.6 Å². The van der Waals surface area contributed by atoms with E-state index < -0.39 is 0 Å². The van der Waals surface area contributed by atoms with Gasteiger partial charge in [-0.3, -0.25) is 4.79 Å². The zero-order valence-corrected chi connectivity index (χ0v) is 15.6. The maximum absolute atomic E-state index is 12.4. The van der Waals surface area contributed by atoms with Gasteiger partial charge in [0.25, 0.3) is 5.91 Å². The van der Waals surface area contributed by atoms with Gasteiger partial charge in [-0.15, -0.1) is 0 Å². The molecule has 1 amide bonds. The van der Waals surface area contributed by atoms with E-state index in [-0.39, 0.29) is 5.91 Å². The minimum atomic E-state index is -0.253. The van der Waals surface area contributed by atoms with Crippen LogP contribution in [-0.4, -0.2) is 23.0 Å². The molecule has 0 radical (unpaired) electrons. The second-order valence-corrected chi connectivity index (χ2v) is 6.32. The fraction of sp³-hybridized carbons (Fsp3) is 0.190. The zero-order chi connectivity index (χ0) is 19.2. The molecule has 6 heteroatoms. The normalized spacial score (nSPS) is 10.3. The van der Waals surface area contributed by atoms with Crippen molar-refractivity contribution in [2.45, 2.75) is 20.4 Å². The maximum Gasteiger partial charge on any atom is 0.270 e. The monoisotopic (exact) mass is 362 g/mol. The summed E-state index contributed by atoms with van der Waals surface area (Å²) in [4.78, 5) is 20.7. The number of hydrogen-bond acceptors (Lipinski definition) is 5. The number of benzene rings is 2. The van der Waals surface area contributed by atoms with Gasteiger partial charge >= 0.3 is 0 Å². The van der Waals surface area contributed by atoms with Crippen molar-refractivity contribution in [2.24, 2.45) is 0 Å². The van der Waals surface area contributed by atoms with E-state index in [1.54, 1.807) is 13.2 Å². The van der Waals surface area contributed by atoms with E-state index in [9.17, 15) is 4.79 Å². The quantitative estimate of drug-likeness (QED) is 0.698. The van der Waals surface area contributed by atoms with Gasteiger partial charge < -0.3 is 15.4 Å². The highest BCUT2D eigenvalue weighted by Gasteiger charge is 2.09. The number of methoxy groups -OCH3 is 1. The first-order valence-electron chi connectivity index (χ1n) is 8.62. The molecule has 0 aliphatic rings. The number of anilines is 2. The van der Waals surface area contributed by atoms with E-state index in [1.165, 1.54) is 6.33 Å². The van der Waals surface area contributed by atoms with E-state index in [2.05, 4.69) is 26.7 Å². The number of hydrogen-bond donors (Lipinski definition) is 2. The van der Waals surface area contributed by atoms with E-state index in [1.807, 2.05) is 50.2 Å². The molecule has 6 nitrogen and oxygen atoms in total. The van der Waals surface area contributed by atoms with Crippen LogP contribution in [0.4, 0.5) is 11.5 Å². The Balaban J connectivity index is 1.65. The van der Waals surface area contributed by atoms with Crippen LogP contribution in [0.5, 0.6) is 5.75 Å². The summed E-state index contributed by atoms with van der Waals surface area (Å²) >= 11 is 0. The summed E-state index contributed by atoms with van der Waals surface area (Å²) in [6.45, 7) is 4.49. The Hall–Kier alpha value is -3.41. The van der Waals surface area contributed by atoms with Gasteiger partial charge in [0, 0.05) is 18.3 Å². The molecule has 0 aliphatic carbocycles. The lowest BCUT2D eigenvalue weighted by Gasteiger charge is -2.09. The number of nitrogens with zero attached hydrogens (tertiary/aromatic N) is 2. The van der Waals surface area contributed by atoms with Gasteiger partial charge in [-0.25, -0.2) is 9.97 Å². The minimum Gasteiger partial charge on any atom is -0.497 e. The van der Waals surface area contributed by atoms with Crippen molar-refractivity contribution < 1.29 is 9.53 Å². The van der Waals surface area contributed by atoms with Crippen LogP contribution >= 0.6 is 0 Å². The predicted molar refractivity (Wildman–Crippen MR) is 105 cm³/mol. The number of aromatic nitrogens is 2. The maximum atomic E-state index is 12.4. The minimum absolute atomic E-state index is 0.253. The van der Waals surface area contributed by atoms with Crippen LogP contribution in [0.15, 0.2) is 54.9 Å². The number of ether oxygens (including phenoxy) is 1. The second-order valence-electron chi connectivity index (χ2n) is 6.32. The van der Waals surface area contributed by atoms with Crippen molar-refractivity contribution in [3.05, 3.63) is 77.2 Å². The number of carbonyl (C=O) groups excluding carboxylic acids is 1. The van der Waals surface area contributed by atoms with Crippen LogP contribution in [0.1, 0.15) is 27.2 Å². The molecular formula is C21H22N4O2. The molecule has 0 fully saturated rings. The largest absolute Gasteiger partial charge is 0.497 e. The van der Waals surface area contributed by atoms with Crippen molar-refractivity contribution in [3.63, 3.8) is 0 Å². The molecule has 1 heterocycles. The number of rotatable bonds is 6. The van der Waals surface area contributed by atoms with E-state index in [4.69, 9.17) is 4.74 Å². The highest BCUT2D eigenvalue weighted by Crippen LogP contribution is 2.18. The molecule has 0 atom stereocenters. The van der Waals surface area contributed by atoms with Gasteiger partial charge in [-0.2, -0.15) is 0 Å². The fourth-order valence-corrected chi connectivity index (χ4v) is 2.76. The molecule has 0 spiro atoms. The Morgan fingerprint density at radius 1 is 1.00 bits per heavy atom. The Labute approximate surface area is 158 Å². The van der Waals surface area contributed by atoms with Gasteiger partial charge in [0.05, 0.1) is 7.11 Å². The summed E-state index contributed by atoms with van der Waals surface area (Å²) in [6, 6.07) is 15.3. The molecule has 0 unspecified atom stereocenters. The molecule has 3 rings (SSSR count). The van der Waals surface area contributed by atoms with E-state index >= 15 is 0 Å². The first-order chi connectivity index (χ1) is 13.0. The second kappa shape index (κ2) is 8.31. The molecule has 138 valence electrons. The smallest absolute Gasteiger partial charge is 0.270 e. The summed E-state index contributed by atoms with van der Waals surface area (Å²) in [6.07, 6.45) is 1.38. The topological polar surface area (TPSA) is 76.1 Å². The highest BCUT2D eigenvalue weighted by atomic mass is 16.5. The molecular weight excluding hydrogens is 340 g/mol. The summed E-state index contributed by atoms with van der Waals surface area (Å²) < 4.78 is 5.13. The Kier molecular flexibility index (Phi) is 5.66. The van der Waals surface area contributed by atoms with Crippen LogP contribution in [0.3, 0.4) is 0 Å². The van der Waals surface area contributed by atoms with Gasteiger partial charge in [0.15, 0.2) is 0 Å². The Morgan fingerprint density at radius 2 is 1.70 bits per heavy atom. The van der Waals surface area contributed by atoms with Crippen LogP contribution in [-0.2, 0) is 6.54 Å². The highest BCUT2D eigenvalue weighted by molar-refractivity contribution is 5.92. The van der Waals surface area contributed by atoms with Crippen molar-refractivity contribution in [1.29, 1.82) is 0 Å². The van der Waals surface area contributed by atoms with Crippen LogP contribution < -0.4 is 15.4 Å². The van der Waals surface area contributed by atoms with Crippen molar-refractivity contribution >= 4 is 17.4 Å². The van der Waals surface area contributed by atoms with E-state index in [0.717, 1.165) is 28.1 Å². The number of nitrogens with one attached hydrogen (secondary N) is 2. The first kappa shape index (κ1) is 18.4. The standard InChI is InChI=1S/C21H22N4O2/c1-14-8-15(2)10-17(9-14)25-20-11-19(23-13-24-20)21(26)22-12-16-4-6-18(27-3)7-5-16/h4-11,13H,12H2,1-3H3,(H,22,26)(H,23,24,25). The molecule has 1 aromatic heterocycles. The number of amides is 1. The predicted octanol–water partition coefficient (Wildman–Crippen LogP) is 3.78. The number of carbonyl (C=O) groups is 1. The molecule has 3 aromatic rings. The molecule has 0 saturated carbocycles. The van der Waals surface area contributed by atoms with E-state index in [0.29, 0.717) is 18.1 Å². The summed E-state index contributed by atoms with van der Waals surface area (Å²) in [5.41, 5.74) is 4.53. The Bertz CT molecular complexity index is 919.